The molecule has 0 bridgehead atoms. The van der Waals surface area contributed by atoms with Crippen molar-refractivity contribution in [2.24, 2.45) is 5.10 Å². The van der Waals surface area contributed by atoms with Crippen molar-refractivity contribution in [3.8, 4) is 0 Å². The number of anilines is 1. The van der Waals surface area contributed by atoms with E-state index in [0.29, 0.717) is 10.8 Å². The molecule has 16 heavy (non-hydrogen) atoms. The number of nitrogens with zero attached hydrogens (tertiary/aromatic N) is 1. The van der Waals surface area contributed by atoms with Crippen LogP contribution in [0.1, 0.15) is 11.5 Å². The molecule has 3 nitrogen and oxygen atoms in total. The van der Waals surface area contributed by atoms with Gasteiger partial charge < -0.3 is 4.42 Å². The van der Waals surface area contributed by atoms with Crippen molar-refractivity contribution in [3.05, 3.63) is 52.9 Å². The molecular weight excluding hydrogens is 224 g/mol. The van der Waals surface area contributed by atoms with Crippen LogP contribution in [0.4, 0.5) is 5.69 Å². The Morgan fingerprint density at radius 1 is 1.25 bits per heavy atom. The van der Waals surface area contributed by atoms with Gasteiger partial charge in [0, 0.05) is 0 Å². The number of furan rings is 1. The lowest BCUT2D eigenvalue weighted by atomic mass is 10.3. The maximum absolute atomic E-state index is 5.95. The second kappa shape index (κ2) is 4.86. The van der Waals surface area contributed by atoms with Gasteiger partial charge in [0.1, 0.15) is 11.5 Å². The summed E-state index contributed by atoms with van der Waals surface area (Å²) in [7, 11) is 0. The fourth-order valence-electron chi connectivity index (χ4n) is 1.24. The molecule has 0 aliphatic carbocycles. The van der Waals surface area contributed by atoms with Crippen molar-refractivity contribution in [1.29, 1.82) is 0 Å². The molecule has 4 heteroatoms. The number of hydrogen-bond acceptors (Lipinski definition) is 3. The van der Waals surface area contributed by atoms with E-state index in [2.05, 4.69) is 10.5 Å². The normalized spacial score (nSPS) is 10.9. The molecule has 2 rings (SSSR count). The quantitative estimate of drug-likeness (QED) is 0.650. The predicted molar refractivity (Wildman–Crippen MR) is 66.1 cm³/mol. The van der Waals surface area contributed by atoms with Crippen LogP contribution in [0.15, 0.2) is 45.9 Å². The van der Waals surface area contributed by atoms with Gasteiger partial charge in [-0.05, 0) is 31.2 Å². The number of aryl methyl sites for hydroxylation is 1. The van der Waals surface area contributed by atoms with Crippen LogP contribution < -0.4 is 5.43 Å². The van der Waals surface area contributed by atoms with Gasteiger partial charge in [0.05, 0.1) is 16.9 Å². The van der Waals surface area contributed by atoms with E-state index in [-0.39, 0.29) is 0 Å². The molecular formula is C12H11ClN2O. The van der Waals surface area contributed by atoms with Gasteiger partial charge in [0.2, 0.25) is 0 Å². The summed E-state index contributed by atoms with van der Waals surface area (Å²) < 4.78 is 5.33. The Kier molecular flexibility index (Phi) is 3.27. The van der Waals surface area contributed by atoms with E-state index in [1.807, 2.05) is 37.3 Å². The van der Waals surface area contributed by atoms with Crippen molar-refractivity contribution in [3.63, 3.8) is 0 Å². The zero-order valence-electron chi connectivity index (χ0n) is 8.77. The minimum Gasteiger partial charge on any atom is -0.460 e. The minimum absolute atomic E-state index is 0.635. The summed E-state index contributed by atoms with van der Waals surface area (Å²) in [5.74, 6) is 1.57. The summed E-state index contributed by atoms with van der Waals surface area (Å²) in [6, 6.07) is 11.2. The third kappa shape index (κ3) is 2.64. The highest BCUT2D eigenvalue weighted by molar-refractivity contribution is 6.33. The maximum Gasteiger partial charge on any atom is 0.147 e. The molecule has 2 aromatic rings. The van der Waals surface area contributed by atoms with Crippen molar-refractivity contribution >= 4 is 23.5 Å². The van der Waals surface area contributed by atoms with Crippen LogP contribution in [-0.4, -0.2) is 6.21 Å². The van der Waals surface area contributed by atoms with Crippen molar-refractivity contribution in [2.45, 2.75) is 6.92 Å². The molecule has 0 aliphatic heterocycles. The Morgan fingerprint density at radius 2 is 2.06 bits per heavy atom. The van der Waals surface area contributed by atoms with E-state index in [1.54, 1.807) is 12.3 Å². The van der Waals surface area contributed by atoms with Crippen LogP contribution in [0, 0.1) is 6.92 Å². The average molecular weight is 235 g/mol. The number of halogens is 1. The molecule has 0 fully saturated rings. The van der Waals surface area contributed by atoms with Gasteiger partial charge in [-0.2, -0.15) is 5.10 Å². The van der Waals surface area contributed by atoms with Crippen LogP contribution in [0.2, 0.25) is 5.02 Å². The summed E-state index contributed by atoms with van der Waals surface area (Å²) in [6.07, 6.45) is 1.61. The Balaban J connectivity index is 2.02. The second-order valence-corrected chi connectivity index (χ2v) is 3.71. The zero-order valence-corrected chi connectivity index (χ0v) is 9.53. The summed E-state index contributed by atoms with van der Waals surface area (Å²) >= 11 is 5.95. The fraction of sp³-hybridized carbons (Fsp3) is 0.0833. The predicted octanol–water partition coefficient (Wildman–Crippen LogP) is 3.69. The van der Waals surface area contributed by atoms with Crippen molar-refractivity contribution in [2.75, 3.05) is 5.43 Å². The zero-order chi connectivity index (χ0) is 11.4. The number of rotatable bonds is 3. The standard InChI is InChI=1S/C12H11ClN2O/c1-9-6-7-10(16-9)8-14-15-12-5-3-2-4-11(12)13/h2-8,15H,1H3/b14-8-. The highest BCUT2D eigenvalue weighted by Crippen LogP contribution is 2.20. The first-order chi connectivity index (χ1) is 7.75. The highest BCUT2D eigenvalue weighted by Gasteiger charge is 1.96. The number of hydrazone groups is 1. The van der Waals surface area contributed by atoms with Gasteiger partial charge in [-0.15, -0.1) is 0 Å². The molecule has 0 radical (unpaired) electrons. The molecule has 0 saturated heterocycles. The van der Waals surface area contributed by atoms with Crippen LogP contribution in [-0.2, 0) is 0 Å². The number of nitrogens with one attached hydrogen (secondary N) is 1. The molecule has 1 N–H and O–H groups in total. The summed E-state index contributed by atoms with van der Waals surface area (Å²) in [4.78, 5) is 0. The first-order valence-corrected chi connectivity index (χ1v) is 5.23. The Labute approximate surface area is 98.7 Å². The van der Waals surface area contributed by atoms with E-state index >= 15 is 0 Å². The molecule has 0 spiro atoms. The largest absolute Gasteiger partial charge is 0.460 e. The Hall–Kier alpha value is -1.74. The minimum atomic E-state index is 0.635. The van der Waals surface area contributed by atoms with Gasteiger partial charge in [-0.1, -0.05) is 23.7 Å². The van der Waals surface area contributed by atoms with Gasteiger partial charge in [0.15, 0.2) is 0 Å². The first kappa shape index (κ1) is 10.8. The molecule has 1 aromatic heterocycles. The van der Waals surface area contributed by atoms with Gasteiger partial charge >= 0.3 is 0 Å². The van der Waals surface area contributed by atoms with E-state index in [1.165, 1.54) is 0 Å². The summed E-state index contributed by atoms with van der Waals surface area (Å²) in [6.45, 7) is 1.89. The molecule has 0 saturated carbocycles. The van der Waals surface area contributed by atoms with E-state index in [0.717, 1.165) is 11.4 Å². The fourth-order valence-corrected chi connectivity index (χ4v) is 1.42. The van der Waals surface area contributed by atoms with Crippen molar-refractivity contribution < 1.29 is 4.42 Å². The summed E-state index contributed by atoms with van der Waals surface area (Å²) in [5, 5.41) is 4.67. The smallest absolute Gasteiger partial charge is 0.147 e. The van der Waals surface area contributed by atoms with Crippen LogP contribution in [0.5, 0.6) is 0 Å². The SMILES string of the molecule is Cc1ccc(/C=N\Nc2ccccc2Cl)o1. The van der Waals surface area contributed by atoms with Crippen LogP contribution >= 0.6 is 11.6 Å². The lowest BCUT2D eigenvalue weighted by Gasteiger charge is -2.00. The molecule has 0 atom stereocenters. The Morgan fingerprint density at radius 3 is 2.75 bits per heavy atom. The van der Waals surface area contributed by atoms with E-state index in [4.69, 9.17) is 16.0 Å². The lowest BCUT2D eigenvalue weighted by Crippen LogP contribution is -1.90. The number of para-hydroxylation sites is 1. The van der Waals surface area contributed by atoms with Gasteiger partial charge in [0.25, 0.3) is 0 Å². The molecule has 1 heterocycles. The second-order valence-electron chi connectivity index (χ2n) is 3.30. The molecule has 0 unspecified atom stereocenters. The van der Waals surface area contributed by atoms with Crippen LogP contribution in [0.3, 0.4) is 0 Å². The molecule has 0 aliphatic rings. The third-order valence-corrected chi connectivity index (χ3v) is 2.34. The molecule has 82 valence electrons. The first-order valence-electron chi connectivity index (χ1n) is 4.86. The Bertz CT molecular complexity index is 505. The highest BCUT2D eigenvalue weighted by atomic mass is 35.5. The number of hydrogen-bond donors (Lipinski definition) is 1. The third-order valence-electron chi connectivity index (χ3n) is 2.01. The van der Waals surface area contributed by atoms with Crippen LogP contribution in [0.25, 0.3) is 0 Å². The van der Waals surface area contributed by atoms with Gasteiger partial charge in [-0.25, -0.2) is 0 Å². The lowest BCUT2D eigenvalue weighted by molar-refractivity contribution is 0.528. The average Bonchev–Trinajstić information content (AvgIpc) is 2.67. The van der Waals surface area contributed by atoms with E-state index in [9.17, 15) is 0 Å². The maximum atomic E-state index is 5.95. The number of benzene rings is 1. The van der Waals surface area contributed by atoms with E-state index < -0.39 is 0 Å². The van der Waals surface area contributed by atoms with Crippen molar-refractivity contribution in [1.82, 2.24) is 0 Å². The van der Waals surface area contributed by atoms with Gasteiger partial charge in [-0.3, -0.25) is 5.43 Å². The molecule has 1 aromatic carbocycles. The topological polar surface area (TPSA) is 37.5 Å². The monoisotopic (exact) mass is 234 g/mol. The summed E-state index contributed by atoms with van der Waals surface area (Å²) in [5.41, 5.74) is 3.62. The molecule has 0 amide bonds.